The monoisotopic (exact) mass is 285 g/mol. The number of carbonyl (C=O) groups is 2. The fraction of sp³-hybridized carbons (Fsp3) is 0.312. The van der Waals surface area contributed by atoms with Gasteiger partial charge in [0, 0.05) is 31.8 Å². The molecule has 1 atom stereocenters. The molecule has 0 aliphatic carbocycles. The largest absolute Gasteiger partial charge is 0.338 e. The average Bonchev–Trinajstić information content (AvgIpc) is 2.45. The Labute approximate surface area is 124 Å². The van der Waals surface area contributed by atoms with E-state index in [9.17, 15) is 9.59 Å². The van der Waals surface area contributed by atoms with Crippen LogP contribution in [0.5, 0.6) is 0 Å². The van der Waals surface area contributed by atoms with Gasteiger partial charge < -0.3 is 10.2 Å². The Bertz CT molecular complexity index is 570. The highest BCUT2D eigenvalue weighted by molar-refractivity contribution is 5.92. The van der Waals surface area contributed by atoms with Crippen molar-refractivity contribution in [3.05, 3.63) is 35.9 Å². The Hall–Kier alpha value is -2.61. The van der Waals surface area contributed by atoms with E-state index >= 15 is 0 Å². The SMILES string of the molecule is CC(=O)Nc1ccc(/C=C/C(=O)N(C)C(C)CC#N)cc1. The molecule has 5 heteroatoms. The van der Waals surface area contributed by atoms with Gasteiger partial charge in [0.05, 0.1) is 12.5 Å². The lowest BCUT2D eigenvalue weighted by Gasteiger charge is -2.21. The first-order valence-corrected chi connectivity index (χ1v) is 6.63. The second-order valence-corrected chi connectivity index (χ2v) is 4.80. The number of rotatable bonds is 5. The molecule has 0 aliphatic heterocycles. The topological polar surface area (TPSA) is 73.2 Å². The average molecular weight is 285 g/mol. The van der Waals surface area contributed by atoms with E-state index in [4.69, 9.17) is 5.26 Å². The van der Waals surface area contributed by atoms with Gasteiger partial charge in [0.15, 0.2) is 0 Å². The summed E-state index contributed by atoms with van der Waals surface area (Å²) in [6.45, 7) is 3.28. The molecule has 0 heterocycles. The van der Waals surface area contributed by atoms with Gasteiger partial charge >= 0.3 is 0 Å². The first-order valence-electron chi connectivity index (χ1n) is 6.63. The molecular weight excluding hydrogens is 266 g/mol. The molecule has 21 heavy (non-hydrogen) atoms. The van der Waals surface area contributed by atoms with Crippen molar-refractivity contribution >= 4 is 23.6 Å². The number of amides is 2. The van der Waals surface area contributed by atoms with E-state index in [0.717, 1.165) is 5.56 Å². The van der Waals surface area contributed by atoms with Crippen molar-refractivity contribution in [3.63, 3.8) is 0 Å². The maximum atomic E-state index is 11.9. The highest BCUT2D eigenvalue weighted by atomic mass is 16.2. The highest BCUT2D eigenvalue weighted by Gasteiger charge is 2.12. The van der Waals surface area contributed by atoms with Crippen LogP contribution in [0.3, 0.4) is 0 Å². The quantitative estimate of drug-likeness (QED) is 0.844. The van der Waals surface area contributed by atoms with E-state index in [1.165, 1.54) is 17.9 Å². The zero-order valence-electron chi connectivity index (χ0n) is 12.5. The normalized spacial score (nSPS) is 11.7. The summed E-state index contributed by atoms with van der Waals surface area (Å²) in [5, 5.41) is 11.3. The molecule has 0 fully saturated rings. The van der Waals surface area contributed by atoms with Crippen LogP contribution in [0.2, 0.25) is 0 Å². The summed E-state index contributed by atoms with van der Waals surface area (Å²) < 4.78 is 0. The number of hydrogen-bond donors (Lipinski definition) is 1. The number of nitrogens with one attached hydrogen (secondary N) is 1. The third-order valence-corrected chi connectivity index (χ3v) is 3.04. The van der Waals surface area contributed by atoms with E-state index in [2.05, 4.69) is 5.32 Å². The number of likely N-dealkylation sites (N-methyl/N-ethyl adjacent to an activating group) is 1. The van der Waals surface area contributed by atoms with Crippen molar-refractivity contribution in [1.82, 2.24) is 4.90 Å². The molecule has 110 valence electrons. The molecule has 1 N–H and O–H groups in total. The van der Waals surface area contributed by atoms with Gasteiger partial charge in [-0.05, 0) is 30.7 Å². The predicted molar refractivity (Wildman–Crippen MR) is 82.2 cm³/mol. The number of benzene rings is 1. The Morgan fingerprint density at radius 2 is 2.00 bits per heavy atom. The zero-order valence-corrected chi connectivity index (χ0v) is 12.5. The van der Waals surface area contributed by atoms with Gasteiger partial charge in [-0.2, -0.15) is 5.26 Å². The third-order valence-electron chi connectivity index (χ3n) is 3.04. The molecule has 1 unspecified atom stereocenters. The molecule has 0 saturated carbocycles. The van der Waals surface area contributed by atoms with Gasteiger partial charge in [-0.25, -0.2) is 0 Å². The van der Waals surface area contributed by atoms with Crippen LogP contribution in [0.15, 0.2) is 30.3 Å². The molecule has 0 aromatic heterocycles. The van der Waals surface area contributed by atoms with Crippen LogP contribution in [0.4, 0.5) is 5.69 Å². The first-order chi connectivity index (χ1) is 9.93. The molecule has 0 aliphatic rings. The number of nitrogens with zero attached hydrogens (tertiary/aromatic N) is 2. The van der Waals surface area contributed by atoms with E-state index in [-0.39, 0.29) is 17.9 Å². The first kappa shape index (κ1) is 16.4. The van der Waals surface area contributed by atoms with E-state index in [1.54, 1.807) is 25.3 Å². The van der Waals surface area contributed by atoms with Crippen LogP contribution >= 0.6 is 0 Å². The van der Waals surface area contributed by atoms with Crippen LogP contribution in [0.25, 0.3) is 6.08 Å². The molecule has 1 aromatic rings. The molecular formula is C16H19N3O2. The van der Waals surface area contributed by atoms with E-state index < -0.39 is 0 Å². The van der Waals surface area contributed by atoms with Crippen molar-refractivity contribution in [1.29, 1.82) is 5.26 Å². The molecule has 1 aromatic carbocycles. The minimum absolute atomic E-state index is 0.116. The second-order valence-electron chi connectivity index (χ2n) is 4.80. The van der Waals surface area contributed by atoms with Crippen LogP contribution in [0, 0.1) is 11.3 Å². The third kappa shape index (κ3) is 5.49. The van der Waals surface area contributed by atoms with Gasteiger partial charge in [-0.15, -0.1) is 0 Å². The maximum absolute atomic E-state index is 11.9. The summed E-state index contributed by atoms with van der Waals surface area (Å²) >= 11 is 0. The van der Waals surface area contributed by atoms with Gasteiger partial charge in [0.1, 0.15) is 0 Å². The number of nitriles is 1. The second kappa shape index (κ2) is 7.85. The summed E-state index contributed by atoms with van der Waals surface area (Å²) in [4.78, 5) is 24.4. The van der Waals surface area contributed by atoms with Gasteiger partial charge in [-0.3, -0.25) is 9.59 Å². The van der Waals surface area contributed by atoms with E-state index in [1.807, 2.05) is 25.1 Å². The van der Waals surface area contributed by atoms with Gasteiger partial charge in [0.25, 0.3) is 0 Å². The highest BCUT2D eigenvalue weighted by Crippen LogP contribution is 2.11. The number of anilines is 1. The Kier molecular flexibility index (Phi) is 6.15. The smallest absolute Gasteiger partial charge is 0.246 e. The van der Waals surface area contributed by atoms with Crippen molar-refractivity contribution < 1.29 is 9.59 Å². The molecule has 0 spiro atoms. The summed E-state index contributed by atoms with van der Waals surface area (Å²) in [7, 11) is 1.68. The lowest BCUT2D eigenvalue weighted by atomic mass is 10.1. The summed E-state index contributed by atoms with van der Waals surface area (Å²) in [6.07, 6.45) is 3.48. The zero-order chi connectivity index (χ0) is 15.8. The summed E-state index contributed by atoms with van der Waals surface area (Å²) in [6, 6.07) is 9.10. The summed E-state index contributed by atoms with van der Waals surface area (Å²) in [5.74, 6) is -0.273. The lowest BCUT2D eigenvalue weighted by molar-refractivity contribution is -0.126. The lowest BCUT2D eigenvalue weighted by Crippen LogP contribution is -2.33. The number of hydrogen-bond acceptors (Lipinski definition) is 3. The van der Waals surface area contributed by atoms with Crippen molar-refractivity contribution in [2.24, 2.45) is 0 Å². The van der Waals surface area contributed by atoms with Crippen LogP contribution in [-0.2, 0) is 9.59 Å². The van der Waals surface area contributed by atoms with Crippen LogP contribution in [-0.4, -0.2) is 29.8 Å². The molecule has 0 radical (unpaired) electrons. The van der Waals surface area contributed by atoms with Gasteiger partial charge in [0.2, 0.25) is 11.8 Å². The van der Waals surface area contributed by atoms with Crippen molar-refractivity contribution in [2.45, 2.75) is 26.3 Å². The van der Waals surface area contributed by atoms with Crippen LogP contribution in [0.1, 0.15) is 25.8 Å². The Balaban J connectivity index is 2.66. The maximum Gasteiger partial charge on any atom is 0.246 e. The van der Waals surface area contributed by atoms with Crippen molar-refractivity contribution in [2.75, 3.05) is 12.4 Å². The Morgan fingerprint density at radius 1 is 1.38 bits per heavy atom. The van der Waals surface area contributed by atoms with Gasteiger partial charge in [-0.1, -0.05) is 12.1 Å². The predicted octanol–water partition coefficient (Wildman–Crippen LogP) is 2.42. The fourth-order valence-corrected chi connectivity index (χ4v) is 1.65. The number of carbonyl (C=O) groups excluding carboxylic acids is 2. The van der Waals surface area contributed by atoms with E-state index in [0.29, 0.717) is 12.1 Å². The molecule has 5 nitrogen and oxygen atoms in total. The molecule has 1 rings (SSSR count). The van der Waals surface area contributed by atoms with Crippen LogP contribution < -0.4 is 5.32 Å². The molecule has 0 saturated heterocycles. The van der Waals surface area contributed by atoms with Crippen molar-refractivity contribution in [3.8, 4) is 6.07 Å². The molecule has 0 bridgehead atoms. The summed E-state index contributed by atoms with van der Waals surface area (Å²) in [5.41, 5.74) is 1.57. The Morgan fingerprint density at radius 3 is 2.52 bits per heavy atom. The minimum Gasteiger partial charge on any atom is -0.338 e. The molecule has 2 amide bonds. The fourth-order valence-electron chi connectivity index (χ4n) is 1.65. The standard InChI is InChI=1S/C16H19N3O2/c1-12(10-11-17)19(3)16(21)9-6-14-4-7-15(8-5-14)18-13(2)20/h4-9,12H,10H2,1-3H3,(H,18,20)/b9-6+. The minimum atomic E-state index is -0.149.